The summed E-state index contributed by atoms with van der Waals surface area (Å²) in [5.41, 5.74) is 0.961. The Kier molecular flexibility index (Phi) is 3.70. The van der Waals surface area contributed by atoms with Crippen LogP contribution in [-0.2, 0) is 0 Å². The monoisotopic (exact) mass is 382 g/mol. The molecule has 0 unspecified atom stereocenters. The van der Waals surface area contributed by atoms with E-state index in [-0.39, 0.29) is 0 Å². The van der Waals surface area contributed by atoms with Crippen LogP contribution in [-0.4, -0.2) is 16.0 Å². The van der Waals surface area contributed by atoms with Gasteiger partial charge in [0.15, 0.2) is 0 Å². The summed E-state index contributed by atoms with van der Waals surface area (Å²) >= 11 is 6.87. The first kappa shape index (κ1) is 12.9. The Morgan fingerprint density at radius 1 is 1.11 bits per heavy atom. The lowest BCUT2D eigenvalue weighted by atomic mass is 10.3. The van der Waals surface area contributed by atoms with Gasteiger partial charge in [0.1, 0.15) is 5.82 Å². The molecule has 19 heavy (non-hydrogen) atoms. The Bertz CT molecular complexity index is 582. The number of anilines is 3. The van der Waals surface area contributed by atoms with Crippen LogP contribution in [0, 0.1) is 0 Å². The molecule has 3 rings (SSSR count). The first-order valence-electron chi connectivity index (χ1n) is 6.02. The molecule has 1 fully saturated rings. The zero-order valence-electron chi connectivity index (χ0n) is 10.0. The van der Waals surface area contributed by atoms with Crippen LogP contribution in [0.4, 0.5) is 17.5 Å². The maximum absolute atomic E-state index is 4.48. The van der Waals surface area contributed by atoms with Crippen LogP contribution in [0.15, 0.2) is 39.4 Å². The number of nitrogens with one attached hydrogen (secondary N) is 2. The average molecular weight is 384 g/mol. The van der Waals surface area contributed by atoms with Gasteiger partial charge in [-0.25, -0.2) is 4.98 Å². The minimum Gasteiger partial charge on any atom is -0.366 e. The van der Waals surface area contributed by atoms with E-state index in [0.29, 0.717) is 12.0 Å². The Labute approximate surface area is 128 Å². The fraction of sp³-hybridized carbons (Fsp3) is 0.231. The topological polar surface area (TPSA) is 49.8 Å². The Morgan fingerprint density at radius 3 is 2.53 bits per heavy atom. The van der Waals surface area contributed by atoms with Crippen LogP contribution < -0.4 is 10.6 Å². The smallest absolute Gasteiger partial charge is 0.229 e. The van der Waals surface area contributed by atoms with Gasteiger partial charge in [0.2, 0.25) is 5.95 Å². The van der Waals surface area contributed by atoms with Gasteiger partial charge < -0.3 is 10.6 Å². The van der Waals surface area contributed by atoms with Crippen molar-refractivity contribution < 1.29 is 0 Å². The third-order valence-electron chi connectivity index (χ3n) is 2.76. The van der Waals surface area contributed by atoms with Gasteiger partial charge in [-0.05, 0) is 53.0 Å². The van der Waals surface area contributed by atoms with Crippen molar-refractivity contribution in [3.63, 3.8) is 0 Å². The molecule has 0 saturated heterocycles. The van der Waals surface area contributed by atoms with Crippen LogP contribution in [0.1, 0.15) is 12.8 Å². The lowest BCUT2D eigenvalue weighted by Gasteiger charge is -2.09. The first-order valence-corrected chi connectivity index (χ1v) is 7.61. The van der Waals surface area contributed by atoms with Crippen LogP contribution in [0.25, 0.3) is 0 Å². The predicted molar refractivity (Wildman–Crippen MR) is 83.8 cm³/mol. The van der Waals surface area contributed by atoms with Crippen molar-refractivity contribution >= 4 is 49.3 Å². The van der Waals surface area contributed by atoms with E-state index in [4.69, 9.17) is 0 Å². The molecule has 0 amide bonds. The number of rotatable bonds is 4. The van der Waals surface area contributed by atoms with Gasteiger partial charge in [0.25, 0.3) is 0 Å². The molecule has 0 atom stereocenters. The number of hydrogen-bond donors (Lipinski definition) is 2. The van der Waals surface area contributed by atoms with Crippen molar-refractivity contribution in [3.05, 3.63) is 39.4 Å². The van der Waals surface area contributed by atoms with Crippen LogP contribution in [0.5, 0.6) is 0 Å². The molecule has 1 aliphatic carbocycles. The molecule has 0 bridgehead atoms. The highest BCUT2D eigenvalue weighted by Gasteiger charge is 2.22. The minimum absolute atomic E-state index is 0.562. The third-order valence-corrected chi connectivity index (χ3v) is 3.87. The van der Waals surface area contributed by atoms with E-state index in [1.54, 1.807) is 6.20 Å². The summed E-state index contributed by atoms with van der Waals surface area (Å²) < 4.78 is 1.94. The van der Waals surface area contributed by atoms with Crippen molar-refractivity contribution in [3.8, 4) is 0 Å². The SMILES string of the molecule is Brc1ccc(Nc2ncc(Br)c(NC3CC3)n2)cc1. The molecule has 4 nitrogen and oxygen atoms in total. The highest BCUT2D eigenvalue weighted by molar-refractivity contribution is 9.10. The van der Waals surface area contributed by atoms with Crippen molar-refractivity contribution in [2.24, 2.45) is 0 Å². The van der Waals surface area contributed by atoms with Crippen molar-refractivity contribution in [2.45, 2.75) is 18.9 Å². The summed E-state index contributed by atoms with van der Waals surface area (Å²) in [4.78, 5) is 8.74. The molecule has 1 saturated carbocycles. The zero-order valence-corrected chi connectivity index (χ0v) is 13.2. The van der Waals surface area contributed by atoms with Gasteiger partial charge in [0, 0.05) is 22.4 Å². The number of aromatic nitrogens is 2. The molecule has 0 radical (unpaired) electrons. The van der Waals surface area contributed by atoms with Crippen molar-refractivity contribution in [1.82, 2.24) is 9.97 Å². The largest absolute Gasteiger partial charge is 0.366 e. The Morgan fingerprint density at radius 2 is 1.84 bits per heavy atom. The second-order valence-corrected chi connectivity index (χ2v) is 6.21. The number of halogens is 2. The van der Waals surface area contributed by atoms with E-state index in [2.05, 4.69) is 52.5 Å². The lowest BCUT2D eigenvalue weighted by Crippen LogP contribution is -2.06. The molecule has 0 spiro atoms. The number of benzene rings is 1. The lowest BCUT2D eigenvalue weighted by molar-refractivity contribution is 1.07. The summed E-state index contributed by atoms with van der Waals surface area (Å²) in [5, 5.41) is 6.56. The highest BCUT2D eigenvalue weighted by Crippen LogP contribution is 2.28. The molecule has 0 aliphatic heterocycles. The molecule has 1 aliphatic rings. The molecular weight excluding hydrogens is 372 g/mol. The fourth-order valence-corrected chi connectivity index (χ4v) is 2.18. The van der Waals surface area contributed by atoms with Crippen LogP contribution >= 0.6 is 31.9 Å². The van der Waals surface area contributed by atoms with Crippen molar-refractivity contribution in [1.29, 1.82) is 0 Å². The maximum atomic E-state index is 4.48. The van der Waals surface area contributed by atoms with Gasteiger partial charge >= 0.3 is 0 Å². The van der Waals surface area contributed by atoms with Gasteiger partial charge in [-0.15, -0.1) is 0 Å². The highest BCUT2D eigenvalue weighted by atomic mass is 79.9. The molecule has 2 aromatic rings. The van der Waals surface area contributed by atoms with E-state index < -0.39 is 0 Å². The molecule has 98 valence electrons. The molecule has 2 N–H and O–H groups in total. The van der Waals surface area contributed by atoms with Gasteiger partial charge in [0.05, 0.1) is 4.47 Å². The third kappa shape index (κ3) is 3.45. The summed E-state index contributed by atoms with van der Waals surface area (Å²) in [6.45, 7) is 0. The molecule has 6 heteroatoms. The summed E-state index contributed by atoms with van der Waals surface area (Å²) in [5.74, 6) is 1.44. The Balaban J connectivity index is 1.78. The summed E-state index contributed by atoms with van der Waals surface area (Å²) in [6, 6.07) is 8.47. The van der Waals surface area contributed by atoms with E-state index >= 15 is 0 Å². The second-order valence-electron chi connectivity index (χ2n) is 4.44. The predicted octanol–water partition coefficient (Wildman–Crippen LogP) is 4.32. The molecule has 1 aromatic heterocycles. The normalized spacial score (nSPS) is 14.2. The van der Waals surface area contributed by atoms with E-state index in [1.165, 1.54) is 12.8 Å². The minimum atomic E-state index is 0.562. The quantitative estimate of drug-likeness (QED) is 0.825. The van der Waals surface area contributed by atoms with E-state index in [0.717, 1.165) is 20.5 Å². The maximum Gasteiger partial charge on any atom is 0.229 e. The van der Waals surface area contributed by atoms with Gasteiger partial charge in [-0.2, -0.15) is 4.98 Å². The molecule has 1 aromatic carbocycles. The van der Waals surface area contributed by atoms with E-state index in [1.807, 2.05) is 24.3 Å². The average Bonchev–Trinajstić information content (AvgIpc) is 3.20. The molecule has 1 heterocycles. The fourth-order valence-electron chi connectivity index (χ4n) is 1.61. The Hall–Kier alpha value is -1.14. The van der Waals surface area contributed by atoms with Crippen LogP contribution in [0.2, 0.25) is 0 Å². The van der Waals surface area contributed by atoms with E-state index in [9.17, 15) is 0 Å². The second kappa shape index (κ2) is 5.46. The number of nitrogens with zero attached hydrogens (tertiary/aromatic N) is 2. The summed E-state index contributed by atoms with van der Waals surface area (Å²) in [7, 11) is 0. The first-order chi connectivity index (χ1) is 9.20. The van der Waals surface area contributed by atoms with Gasteiger partial charge in [-0.1, -0.05) is 15.9 Å². The molecular formula is C13H12Br2N4. The van der Waals surface area contributed by atoms with Gasteiger partial charge in [-0.3, -0.25) is 0 Å². The zero-order chi connectivity index (χ0) is 13.2. The number of hydrogen-bond acceptors (Lipinski definition) is 4. The summed E-state index contributed by atoms with van der Waals surface area (Å²) in [6.07, 6.45) is 4.19. The van der Waals surface area contributed by atoms with Crippen LogP contribution in [0.3, 0.4) is 0 Å². The van der Waals surface area contributed by atoms with Crippen molar-refractivity contribution in [2.75, 3.05) is 10.6 Å². The standard InChI is InChI=1S/C13H12Br2N4/c14-8-1-3-10(4-2-8)18-13-16-7-11(15)12(19-13)17-9-5-6-9/h1-4,7,9H,5-6H2,(H2,16,17,18,19).